The molecular weight excluding hydrogens is 637 g/mol. The fourth-order valence-electron chi connectivity index (χ4n) is 7.62. The maximum absolute atomic E-state index is 2.44. The van der Waals surface area contributed by atoms with Crippen LogP contribution in [0.1, 0.15) is 0 Å². The molecule has 0 atom stereocenters. The average molecular weight is 669 g/mol. The van der Waals surface area contributed by atoms with Crippen LogP contribution in [0, 0.1) is 0 Å². The molecule has 0 saturated heterocycles. The molecule has 0 N–H and O–H groups in total. The van der Waals surface area contributed by atoms with Gasteiger partial charge in [0.05, 0.1) is 21.4 Å². The topological polar surface area (TPSA) is 8.17 Å². The van der Waals surface area contributed by atoms with Crippen molar-refractivity contribution in [3.8, 4) is 27.9 Å². The summed E-state index contributed by atoms with van der Waals surface area (Å²) >= 11 is 1.90. The number of fused-ring (bicyclic) bond motifs is 6. The van der Waals surface area contributed by atoms with E-state index in [2.05, 4.69) is 204 Å². The van der Waals surface area contributed by atoms with E-state index in [0.29, 0.717) is 0 Å². The minimum atomic E-state index is 1.11. The van der Waals surface area contributed by atoms with Gasteiger partial charge in [0.1, 0.15) is 0 Å². The Morgan fingerprint density at radius 3 is 1.88 bits per heavy atom. The first-order valence-corrected chi connectivity index (χ1v) is 18.2. The lowest BCUT2D eigenvalue weighted by atomic mass is 9.99. The second kappa shape index (κ2) is 12.2. The SMILES string of the molecule is c1ccc(N(c2ccc(-c3ccc4ccccc4c3)cc2)c2ccccc2-c2cccc3c2sc2c4ccccc4n(-c4ccccc4)c32)cc1. The molecule has 51 heavy (non-hydrogen) atoms. The summed E-state index contributed by atoms with van der Waals surface area (Å²) in [5, 5.41) is 5.07. The Morgan fingerprint density at radius 1 is 0.412 bits per heavy atom. The number of aromatic nitrogens is 1. The maximum Gasteiger partial charge on any atom is 0.0727 e. The van der Waals surface area contributed by atoms with Crippen LogP contribution < -0.4 is 4.90 Å². The van der Waals surface area contributed by atoms with Crippen LogP contribution in [-0.4, -0.2) is 4.57 Å². The van der Waals surface area contributed by atoms with Crippen molar-refractivity contribution in [1.82, 2.24) is 4.57 Å². The van der Waals surface area contributed by atoms with Crippen molar-refractivity contribution >= 4 is 70.4 Å². The lowest BCUT2D eigenvalue weighted by Crippen LogP contribution is -2.11. The van der Waals surface area contributed by atoms with E-state index in [1.165, 1.54) is 69.9 Å². The lowest BCUT2D eigenvalue weighted by molar-refractivity contribution is 1.19. The third kappa shape index (κ3) is 4.93. The van der Waals surface area contributed by atoms with Gasteiger partial charge in [0.25, 0.3) is 0 Å². The van der Waals surface area contributed by atoms with Crippen molar-refractivity contribution < 1.29 is 0 Å². The summed E-state index contributed by atoms with van der Waals surface area (Å²) in [5.41, 5.74) is 11.9. The number of para-hydroxylation sites is 4. The molecule has 0 fully saturated rings. The monoisotopic (exact) mass is 668 g/mol. The third-order valence-corrected chi connectivity index (χ3v) is 11.2. The van der Waals surface area contributed by atoms with Gasteiger partial charge in [0.2, 0.25) is 0 Å². The van der Waals surface area contributed by atoms with E-state index in [9.17, 15) is 0 Å². The first kappa shape index (κ1) is 29.5. The second-order valence-electron chi connectivity index (χ2n) is 12.9. The molecule has 240 valence electrons. The average Bonchev–Trinajstić information content (AvgIpc) is 3.74. The summed E-state index contributed by atoms with van der Waals surface area (Å²) < 4.78 is 5.05. The van der Waals surface area contributed by atoms with E-state index in [1.54, 1.807) is 0 Å². The molecule has 2 aromatic heterocycles. The van der Waals surface area contributed by atoms with Crippen LogP contribution in [-0.2, 0) is 0 Å². The van der Waals surface area contributed by atoms with Crippen molar-refractivity contribution in [2.45, 2.75) is 0 Å². The van der Waals surface area contributed by atoms with Crippen molar-refractivity contribution in [1.29, 1.82) is 0 Å². The van der Waals surface area contributed by atoms with Gasteiger partial charge in [0, 0.05) is 43.7 Å². The Balaban J connectivity index is 1.15. The fourth-order valence-corrected chi connectivity index (χ4v) is 8.97. The van der Waals surface area contributed by atoms with Gasteiger partial charge in [-0.05, 0) is 76.5 Å². The summed E-state index contributed by atoms with van der Waals surface area (Å²) in [6.07, 6.45) is 0. The zero-order valence-electron chi connectivity index (χ0n) is 27.8. The number of nitrogens with zero attached hydrogens (tertiary/aromatic N) is 2. The number of hydrogen-bond donors (Lipinski definition) is 0. The molecule has 3 heteroatoms. The first-order chi connectivity index (χ1) is 25.3. The van der Waals surface area contributed by atoms with E-state index >= 15 is 0 Å². The summed E-state index contributed by atoms with van der Waals surface area (Å²) in [4.78, 5) is 2.39. The molecule has 10 rings (SSSR count). The van der Waals surface area contributed by atoms with Gasteiger partial charge < -0.3 is 9.47 Å². The predicted molar refractivity (Wildman–Crippen MR) is 219 cm³/mol. The minimum Gasteiger partial charge on any atom is -0.310 e. The molecule has 0 bridgehead atoms. The van der Waals surface area contributed by atoms with Crippen LogP contribution in [0.3, 0.4) is 0 Å². The Morgan fingerprint density at radius 2 is 1.04 bits per heavy atom. The standard InChI is InChI=1S/C48H32N2S/c1-3-16-37(17-4-1)49(39-30-28-34(29-31-39)36-27-26-33-14-7-8-15-35(33)32-36)44-24-11-9-20-40(44)41-22-13-23-43-46-48(51-47(41)43)42-21-10-12-25-45(42)50(46)38-18-5-2-6-19-38/h1-32H. The van der Waals surface area contributed by atoms with Crippen molar-refractivity contribution in [2.24, 2.45) is 0 Å². The molecular formula is C48H32N2S. The smallest absolute Gasteiger partial charge is 0.0727 e. The van der Waals surface area contributed by atoms with E-state index in [1.807, 2.05) is 11.3 Å². The van der Waals surface area contributed by atoms with Crippen LogP contribution in [0.15, 0.2) is 194 Å². The maximum atomic E-state index is 2.44. The number of thiophene rings is 1. The highest BCUT2D eigenvalue weighted by molar-refractivity contribution is 7.27. The fraction of sp³-hybridized carbons (Fsp3) is 0. The predicted octanol–water partition coefficient (Wildman–Crippen LogP) is 14.0. The highest BCUT2D eigenvalue weighted by atomic mass is 32.1. The molecule has 0 aliphatic carbocycles. The van der Waals surface area contributed by atoms with E-state index in [-0.39, 0.29) is 0 Å². The van der Waals surface area contributed by atoms with Crippen molar-refractivity contribution in [3.63, 3.8) is 0 Å². The zero-order chi connectivity index (χ0) is 33.7. The summed E-state index contributed by atoms with van der Waals surface area (Å²) in [5.74, 6) is 0. The van der Waals surface area contributed by atoms with E-state index in [4.69, 9.17) is 0 Å². The van der Waals surface area contributed by atoms with Crippen molar-refractivity contribution in [2.75, 3.05) is 4.90 Å². The minimum absolute atomic E-state index is 1.11. The van der Waals surface area contributed by atoms with E-state index in [0.717, 1.165) is 17.1 Å². The summed E-state index contributed by atoms with van der Waals surface area (Å²) in [6.45, 7) is 0. The summed E-state index contributed by atoms with van der Waals surface area (Å²) in [6, 6.07) is 70.2. The first-order valence-electron chi connectivity index (χ1n) is 17.4. The highest BCUT2D eigenvalue weighted by Crippen LogP contribution is 2.48. The number of rotatable bonds is 6. The quantitative estimate of drug-likeness (QED) is 0.171. The third-order valence-electron chi connectivity index (χ3n) is 9.97. The number of benzene rings is 8. The lowest BCUT2D eigenvalue weighted by Gasteiger charge is -2.28. The van der Waals surface area contributed by atoms with Gasteiger partial charge >= 0.3 is 0 Å². The summed E-state index contributed by atoms with van der Waals surface area (Å²) in [7, 11) is 0. The molecule has 0 aliphatic heterocycles. The van der Waals surface area contributed by atoms with Gasteiger partial charge in [-0.15, -0.1) is 11.3 Å². The number of anilines is 3. The molecule has 10 aromatic rings. The molecule has 0 saturated carbocycles. The zero-order valence-corrected chi connectivity index (χ0v) is 28.6. The Bertz CT molecular complexity index is 2850. The van der Waals surface area contributed by atoms with Crippen molar-refractivity contribution in [3.05, 3.63) is 194 Å². The van der Waals surface area contributed by atoms with E-state index < -0.39 is 0 Å². The Kier molecular flexibility index (Phi) is 7.04. The van der Waals surface area contributed by atoms with Crippen LogP contribution in [0.4, 0.5) is 17.1 Å². The van der Waals surface area contributed by atoms with Gasteiger partial charge in [-0.3, -0.25) is 0 Å². The second-order valence-corrected chi connectivity index (χ2v) is 14.0. The Labute approximate surface area is 300 Å². The normalized spacial score (nSPS) is 11.5. The molecule has 0 spiro atoms. The van der Waals surface area contributed by atoms with Gasteiger partial charge in [-0.2, -0.15) is 0 Å². The van der Waals surface area contributed by atoms with Gasteiger partial charge in [-0.1, -0.05) is 140 Å². The van der Waals surface area contributed by atoms with Crippen LogP contribution in [0.2, 0.25) is 0 Å². The molecule has 0 radical (unpaired) electrons. The molecule has 0 aliphatic rings. The molecule has 8 aromatic carbocycles. The molecule has 2 nitrogen and oxygen atoms in total. The highest BCUT2D eigenvalue weighted by Gasteiger charge is 2.22. The van der Waals surface area contributed by atoms with Gasteiger partial charge in [0.15, 0.2) is 0 Å². The number of hydrogen-bond acceptors (Lipinski definition) is 2. The van der Waals surface area contributed by atoms with Crippen LogP contribution in [0.5, 0.6) is 0 Å². The molecule has 0 unspecified atom stereocenters. The van der Waals surface area contributed by atoms with Crippen LogP contribution in [0.25, 0.3) is 69.9 Å². The largest absolute Gasteiger partial charge is 0.310 e. The van der Waals surface area contributed by atoms with Gasteiger partial charge in [-0.25, -0.2) is 0 Å². The Hall–Kier alpha value is -6.42. The molecule has 2 heterocycles. The molecule has 0 amide bonds. The van der Waals surface area contributed by atoms with Crippen LogP contribution >= 0.6 is 11.3 Å².